The Morgan fingerprint density at radius 3 is 2.43 bits per heavy atom. The second-order valence-corrected chi connectivity index (χ2v) is 12.1. The number of rotatable bonds is 6. The van der Waals surface area contributed by atoms with Crippen molar-refractivity contribution in [2.75, 3.05) is 18.0 Å². The molecule has 192 valence electrons. The maximum atomic E-state index is 13.8. The highest BCUT2D eigenvalue weighted by molar-refractivity contribution is 7.89. The molecule has 4 aromatic rings. The van der Waals surface area contributed by atoms with Gasteiger partial charge in [0.15, 0.2) is 16.8 Å². The first-order valence-corrected chi connectivity index (χ1v) is 14.2. The van der Waals surface area contributed by atoms with Crippen LogP contribution in [0.15, 0.2) is 71.6 Å². The van der Waals surface area contributed by atoms with Gasteiger partial charge in [-0.25, -0.2) is 22.2 Å². The van der Waals surface area contributed by atoms with Crippen LogP contribution in [-0.4, -0.2) is 36.7 Å². The number of fused-ring (bicyclic) bond motifs is 1. The Labute approximate surface area is 222 Å². The molecule has 37 heavy (non-hydrogen) atoms. The number of carbonyl (C=O) groups is 1. The molecule has 0 saturated carbocycles. The van der Waals surface area contributed by atoms with Crippen molar-refractivity contribution >= 4 is 54.2 Å². The first-order chi connectivity index (χ1) is 17.7. The quantitative estimate of drug-likeness (QED) is 0.295. The van der Waals surface area contributed by atoms with Crippen molar-refractivity contribution in [2.24, 2.45) is 5.92 Å². The van der Waals surface area contributed by atoms with Gasteiger partial charge < -0.3 is 0 Å². The number of carbonyl (C=O) groups excluding carboxylic acids is 1. The van der Waals surface area contributed by atoms with Crippen LogP contribution in [0.5, 0.6) is 0 Å². The van der Waals surface area contributed by atoms with Crippen LogP contribution in [0.2, 0.25) is 5.02 Å². The van der Waals surface area contributed by atoms with Crippen molar-refractivity contribution in [3.8, 4) is 0 Å². The summed E-state index contributed by atoms with van der Waals surface area (Å²) in [5.41, 5.74) is 1.56. The monoisotopic (exact) mass is 561 g/mol. The lowest BCUT2D eigenvalue weighted by Gasteiger charge is -2.33. The van der Waals surface area contributed by atoms with E-state index >= 15 is 0 Å². The molecule has 0 unspecified atom stereocenters. The molecule has 0 radical (unpaired) electrons. The molecule has 11 heteroatoms. The molecule has 1 amide bonds. The summed E-state index contributed by atoms with van der Waals surface area (Å²) in [4.78, 5) is 19.8. The van der Waals surface area contributed by atoms with Crippen LogP contribution in [-0.2, 0) is 21.4 Å². The van der Waals surface area contributed by atoms with Crippen LogP contribution in [0.3, 0.4) is 0 Å². The Morgan fingerprint density at radius 1 is 1.03 bits per heavy atom. The van der Waals surface area contributed by atoms with Gasteiger partial charge in [0.2, 0.25) is 15.9 Å². The molecule has 0 spiro atoms. The Kier molecular flexibility index (Phi) is 7.26. The summed E-state index contributed by atoms with van der Waals surface area (Å²) in [6.07, 6.45) is 0.581. The Hall–Kier alpha value is -2.92. The number of thiazole rings is 1. The molecule has 5 rings (SSSR count). The van der Waals surface area contributed by atoms with Crippen molar-refractivity contribution in [1.82, 2.24) is 9.29 Å². The van der Waals surface area contributed by atoms with Crippen LogP contribution in [0.4, 0.5) is 13.9 Å². The number of para-hydroxylation sites is 1. The summed E-state index contributed by atoms with van der Waals surface area (Å²) in [6, 6.07) is 17.6. The number of sulfonamides is 1. The number of anilines is 1. The minimum atomic E-state index is -4.02. The van der Waals surface area contributed by atoms with E-state index in [1.807, 2.05) is 42.5 Å². The van der Waals surface area contributed by atoms with E-state index in [1.54, 1.807) is 11.0 Å². The number of piperidine rings is 1. The Balaban J connectivity index is 1.37. The molecular weight excluding hydrogens is 540 g/mol. The normalized spacial score (nSPS) is 15.2. The first-order valence-electron chi connectivity index (χ1n) is 11.6. The Bertz CT molecular complexity index is 1560. The largest absolute Gasteiger partial charge is 0.283 e. The summed E-state index contributed by atoms with van der Waals surface area (Å²) in [5, 5.41) is 1.02. The van der Waals surface area contributed by atoms with Gasteiger partial charge in [0.05, 0.1) is 21.2 Å². The predicted molar refractivity (Wildman–Crippen MR) is 140 cm³/mol. The number of benzene rings is 3. The molecule has 6 nitrogen and oxygen atoms in total. The van der Waals surface area contributed by atoms with E-state index in [0.29, 0.717) is 41.1 Å². The number of hydrogen-bond donors (Lipinski definition) is 0. The zero-order chi connectivity index (χ0) is 26.2. The van der Waals surface area contributed by atoms with Crippen molar-refractivity contribution in [1.29, 1.82) is 0 Å². The molecule has 1 fully saturated rings. The van der Waals surface area contributed by atoms with Gasteiger partial charge in [-0.2, -0.15) is 4.31 Å². The van der Waals surface area contributed by atoms with Crippen molar-refractivity contribution < 1.29 is 22.0 Å². The number of hydrogen-bond acceptors (Lipinski definition) is 5. The molecule has 1 aliphatic heterocycles. The van der Waals surface area contributed by atoms with Gasteiger partial charge in [0, 0.05) is 19.0 Å². The zero-order valence-electron chi connectivity index (χ0n) is 19.5. The van der Waals surface area contributed by atoms with E-state index in [-0.39, 0.29) is 23.9 Å². The highest BCUT2D eigenvalue weighted by Gasteiger charge is 2.35. The summed E-state index contributed by atoms with van der Waals surface area (Å²) in [5.74, 6) is -2.91. The fourth-order valence-electron chi connectivity index (χ4n) is 4.37. The van der Waals surface area contributed by atoms with Gasteiger partial charge in [-0.3, -0.25) is 9.69 Å². The second-order valence-electron chi connectivity index (χ2n) is 8.75. The second kappa shape index (κ2) is 10.4. The maximum Gasteiger partial charge on any atom is 0.243 e. The molecule has 0 bridgehead atoms. The van der Waals surface area contributed by atoms with E-state index in [1.165, 1.54) is 15.6 Å². The molecule has 0 atom stereocenters. The summed E-state index contributed by atoms with van der Waals surface area (Å²) in [7, 11) is -4.02. The molecule has 1 aliphatic rings. The van der Waals surface area contributed by atoms with E-state index in [0.717, 1.165) is 22.4 Å². The SMILES string of the molecule is O=C(C1CCN(S(=O)(=O)c2ccc(F)c(F)c2)CC1)N(Cc1ccccc1)c1nc2c(Cl)cccc2s1. The first kappa shape index (κ1) is 25.7. The molecule has 1 saturated heterocycles. The lowest BCUT2D eigenvalue weighted by molar-refractivity contribution is -0.123. The third-order valence-electron chi connectivity index (χ3n) is 6.37. The van der Waals surface area contributed by atoms with Crippen LogP contribution < -0.4 is 4.90 Å². The zero-order valence-corrected chi connectivity index (χ0v) is 21.9. The van der Waals surface area contributed by atoms with Gasteiger partial charge >= 0.3 is 0 Å². The van der Waals surface area contributed by atoms with Crippen molar-refractivity contribution in [2.45, 2.75) is 24.3 Å². The van der Waals surface area contributed by atoms with E-state index in [2.05, 4.69) is 4.98 Å². The smallest absolute Gasteiger partial charge is 0.243 e. The molecule has 2 heterocycles. The standard InChI is InChI=1S/C26H22ClF2N3O3S2/c27-20-7-4-8-23-24(20)30-26(36-23)32(16-17-5-2-1-3-6-17)25(33)18-11-13-31(14-12-18)37(34,35)19-9-10-21(28)22(29)15-19/h1-10,15,18H,11-14,16H2. The van der Waals surface area contributed by atoms with Gasteiger partial charge in [0.25, 0.3) is 0 Å². The van der Waals surface area contributed by atoms with E-state index < -0.39 is 27.6 Å². The third kappa shape index (κ3) is 5.24. The number of aromatic nitrogens is 1. The van der Waals surface area contributed by atoms with Crippen LogP contribution in [0.25, 0.3) is 10.2 Å². The van der Waals surface area contributed by atoms with Crippen LogP contribution in [0, 0.1) is 17.6 Å². The summed E-state index contributed by atoms with van der Waals surface area (Å²) < 4.78 is 55.0. The van der Waals surface area contributed by atoms with Gasteiger partial charge in [-0.05, 0) is 48.7 Å². The molecular formula is C26H22ClF2N3O3S2. The number of halogens is 3. The van der Waals surface area contributed by atoms with Gasteiger partial charge in [0.1, 0.15) is 5.52 Å². The minimum absolute atomic E-state index is 0.0859. The molecule has 0 N–H and O–H groups in total. The highest BCUT2D eigenvalue weighted by atomic mass is 35.5. The molecule has 3 aromatic carbocycles. The fourth-order valence-corrected chi connectivity index (χ4v) is 7.13. The summed E-state index contributed by atoms with van der Waals surface area (Å²) in [6.45, 7) is 0.482. The van der Waals surface area contributed by atoms with Crippen LogP contribution >= 0.6 is 22.9 Å². The van der Waals surface area contributed by atoms with Gasteiger partial charge in [-0.15, -0.1) is 0 Å². The average Bonchev–Trinajstić information content (AvgIpc) is 3.34. The number of amides is 1. The predicted octanol–water partition coefficient (Wildman–Crippen LogP) is 5.86. The van der Waals surface area contributed by atoms with Crippen LogP contribution in [0.1, 0.15) is 18.4 Å². The van der Waals surface area contributed by atoms with Crippen molar-refractivity contribution in [3.63, 3.8) is 0 Å². The molecule has 1 aromatic heterocycles. The van der Waals surface area contributed by atoms with Gasteiger partial charge in [-0.1, -0.05) is 59.3 Å². The maximum absolute atomic E-state index is 13.8. The topological polar surface area (TPSA) is 70.6 Å². The fraction of sp³-hybridized carbons (Fsp3) is 0.231. The minimum Gasteiger partial charge on any atom is -0.283 e. The third-order valence-corrected chi connectivity index (χ3v) is 9.61. The molecule has 0 aliphatic carbocycles. The lowest BCUT2D eigenvalue weighted by atomic mass is 9.96. The highest BCUT2D eigenvalue weighted by Crippen LogP contribution is 2.35. The van der Waals surface area contributed by atoms with Crippen molar-refractivity contribution in [3.05, 3.63) is 89.0 Å². The average molecular weight is 562 g/mol. The lowest BCUT2D eigenvalue weighted by Crippen LogP contribution is -2.44. The Morgan fingerprint density at radius 2 is 1.76 bits per heavy atom. The number of nitrogens with zero attached hydrogens (tertiary/aromatic N) is 3. The van der Waals surface area contributed by atoms with E-state index in [4.69, 9.17) is 11.6 Å². The summed E-state index contributed by atoms with van der Waals surface area (Å²) >= 11 is 7.70. The van der Waals surface area contributed by atoms with E-state index in [9.17, 15) is 22.0 Å².